The van der Waals surface area contributed by atoms with E-state index in [1.54, 1.807) is 12.3 Å². The maximum Gasteiger partial charge on any atom is 0.235 e. The number of pyridine rings is 1. The summed E-state index contributed by atoms with van der Waals surface area (Å²) in [4.78, 5) is 23.6. The largest absolute Gasteiger partial charge is 0.324 e. The Bertz CT molecular complexity index is 1670. The highest BCUT2D eigenvalue weighted by Crippen LogP contribution is 2.50. The molecule has 0 saturated heterocycles. The molecule has 2 atom stereocenters. The van der Waals surface area contributed by atoms with Crippen molar-refractivity contribution in [2.45, 2.75) is 43.6 Å². The van der Waals surface area contributed by atoms with Crippen molar-refractivity contribution in [2.75, 3.05) is 5.32 Å². The Labute approximate surface area is 214 Å². The maximum absolute atomic E-state index is 14.2. The third-order valence-corrected chi connectivity index (χ3v) is 7.44. The van der Waals surface area contributed by atoms with Gasteiger partial charge in [-0.15, -0.1) is 9.90 Å². The minimum atomic E-state index is -0.643. The zero-order valence-electron chi connectivity index (χ0n) is 19.6. The second kappa shape index (κ2) is 7.90. The van der Waals surface area contributed by atoms with Gasteiger partial charge < -0.3 is 5.32 Å². The van der Waals surface area contributed by atoms with Gasteiger partial charge in [-0.2, -0.15) is 19.7 Å². The first kappa shape index (κ1) is 22.0. The van der Waals surface area contributed by atoms with E-state index < -0.39 is 17.3 Å². The van der Waals surface area contributed by atoms with Gasteiger partial charge in [-0.1, -0.05) is 11.6 Å². The second-order valence-electron chi connectivity index (χ2n) is 9.67. The van der Waals surface area contributed by atoms with E-state index in [1.165, 1.54) is 34.0 Å². The molecule has 5 aromatic rings. The van der Waals surface area contributed by atoms with E-state index in [2.05, 4.69) is 35.7 Å². The maximum atomic E-state index is 14.2. The third kappa shape index (κ3) is 3.50. The Morgan fingerprint density at radius 1 is 1.14 bits per heavy atom. The van der Waals surface area contributed by atoms with Gasteiger partial charge >= 0.3 is 0 Å². The molecule has 2 aliphatic carbocycles. The van der Waals surface area contributed by atoms with Crippen molar-refractivity contribution in [1.82, 2.24) is 44.4 Å². The monoisotopic (exact) mass is 518 g/mol. The van der Waals surface area contributed by atoms with E-state index in [4.69, 9.17) is 11.6 Å². The summed E-state index contributed by atoms with van der Waals surface area (Å²) in [6.45, 7) is 2.04. The van der Waals surface area contributed by atoms with Gasteiger partial charge in [0.25, 0.3) is 0 Å². The summed E-state index contributed by atoms with van der Waals surface area (Å²) in [7, 11) is 0. The molecule has 5 aromatic heterocycles. The van der Waals surface area contributed by atoms with E-state index in [1.807, 2.05) is 24.0 Å². The van der Waals surface area contributed by atoms with Gasteiger partial charge in [-0.3, -0.25) is 9.48 Å². The molecule has 13 heteroatoms. The number of nitrogens with zero attached hydrogens (tertiary/aromatic N) is 9. The number of anilines is 1. The standard InChI is InChI=1S/C24H20ClFN10O/c1-24(13-9-31-34(12-13)15-2-3-15)8-16(17-11-27-20-7-19(26)33-35(20)21(17)24)23(37)32-14-6-18(25)22(28-10-14)36-29-4-5-30-36/h4-7,9-12,15-16H,2-3,8H2,1H3,(H,32,37). The van der Waals surface area contributed by atoms with Crippen molar-refractivity contribution < 1.29 is 9.18 Å². The van der Waals surface area contributed by atoms with Gasteiger partial charge in [0.05, 0.1) is 53.2 Å². The predicted octanol–water partition coefficient (Wildman–Crippen LogP) is 3.46. The SMILES string of the molecule is CC1(c2cnn(C3CC3)c2)CC(C(=O)Nc2cnc(-n3nccn3)c(Cl)c2)c2cnc3cc(F)nn3c21. The minimum Gasteiger partial charge on any atom is -0.324 e. The van der Waals surface area contributed by atoms with Crippen molar-refractivity contribution in [3.8, 4) is 5.82 Å². The Morgan fingerprint density at radius 2 is 1.95 bits per heavy atom. The summed E-state index contributed by atoms with van der Waals surface area (Å²) < 4.78 is 17.7. The highest BCUT2D eigenvalue weighted by molar-refractivity contribution is 6.32. The lowest BCUT2D eigenvalue weighted by molar-refractivity contribution is -0.117. The highest BCUT2D eigenvalue weighted by atomic mass is 35.5. The van der Waals surface area contributed by atoms with Gasteiger partial charge in [0.2, 0.25) is 11.9 Å². The number of fused-ring (bicyclic) bond motifs is 3. The summed E-state index contributed by atoms with van der Waals surface area (Å²) in [5.74, 6) is -1.10. The molecule has 7 rings (SSSR count). The number of carbonyl (C=O) groups is 1. The summed E-state index contributed by atoms with van der Waals surface area (Å²) in [5.41, 5.74) is 2.54. The Morgan fingerprint density at radius 3 is 2.70 bits per heavy atom. The molecule has 0 aromatic carbocycles. The molecule has 0 spiro atoms. The van der Waals surface area contributed by atoms with E-state index in [0.29, 0.717) is 35.2 Å². The molecular weight excluding hydrogens is 499 g/mol. The molecule has 0 bridgehead atoms. The molecule has 2 unspecified atom stereocenters. The molecule has 1 N–H and O–H groups in total. The zero-order chi connectivity index (χ0) is 25.3. The van der Waals surface area contributed by atoms with Gasteiger partial charge in [-0.25, -0.2) is 14.5 Å². The third-order valence-electron chi connectivity index (χ3n) is 7.17. The van der Waals surface area contributed by atoms with Crippen molar-refractivity contribution >= 4 is 28.8 Å². The van der Waals surface area contributed by atoms with Crippen LogP contribution in [-0.4, -0.2) is 50.3 Å². The predicted molar refractivity (Wildman–Crippen MR) is 130 cm³/mol. The van der Waals surface area contributed by atoms with Crippen LogP contribution in [0.1, 0.15) is 55.0 Å². The molecule has 1 amide bonds. The molecule has 2 aliphatic rings. The Kier molecular flexibility index (Phi) is 4.71. The van der Waals surface area contributed by atoms with Crippen LogP contribution in [-0.2, 0) is 10.2 Å². The molecule has 1 saturated carbocycles. The van der Waals surface area contributed by atoms with Crippen molar-refractivity contribution in [3.05, 3.63) is 77.1 Å². The number of hydrogen-bond donors (Lipinski definition) is 1. The number of amides is 1. The van der Waals surface area contributed by atoms with Crippen LogP contribution in [0.5, 0.6) is 0 Å². The van der Waals surface area contributed by atoms with Crippen LogP contribution < -0.4 is 5.32 Å². The highest BCUT2D eigenvalue weighted by Gasteiger charge is 2.48. The quantitative estimate of drug-likeness (QED) is 0.378. The van der Waals surface area contributed by atoms with Crippen LogP contribution in [0.4, 0.5) is 10.1 Å². The topological polar surface area (TPSA) is 121 Å². The van der Waals surface area contributed by atoms with Gasteiger partial charge in [0, 0.05) is 35.0 Å². The first-order valence-electron chi connectivity index (χ1n) is 11.8. The normalized spacial score (nSPS) is 20.9. The molecular formula is C24H20ClFN10O. The van der Waals surface area contributed by atoms with E-state index in [9.17, 15) is 9.18 Å². The fourth-order valence-electron chi connectivity index (χ4n) is 5.19. The van der Waals surface area contributed by atoms with E-state index >= 15 is 0 Å². The van der Waals surface area contributed by atoms with Crippen molar-refractivity contribution in [3.63, 3.8) is 0 Å². The molecule has 186 valence electrons. The summed E-state index contributed by atoms with van der Waals surface area (Å²) in [6, 6.07) is 3.30. The van der Waals surface area contributed by atoms with Gasteiger partial charge in [0.15, 0.2) is 11.5 Å². The number of rotatable bonds is 5. The molecule has 1 fully saturated rings. The van der Waals surface area contributed by atoms with Crippen LogP contribution in [0.25, 0.3) is 11.5 Å². The van der Waals surface area contributed by atoms with Crippen LogP contribution in [0, 0.1) is 5.95 Å². The molecule has 11 nitrogen and oxygen atoms in total. The number of halogens is 2. The van der Waals surface area contributed by atoms with Crippen molar-refractivity contribution in [2.24, 2.45) is 0 Å². The fourth-order valence-corrected chi connectivity index (χ4v) is 5.43. The molecule has 37 heavy (non-hydrogen) atoms. The van der Waals surface area contributed by atoms with Crippen LogP contribution >= 0.6 is 11.6 Å². The summed E-state index contributed by atoms with van der Waals surface area (Å²) >= 11 is 6.39. The first-order valence-corrected chi connectivity index (χ1v) is 12.2. The van der Waals surface area contributed by atoms with Gasteiger partial charge in [-0.05, 0) is 32.3 Å². The summed E-state index contributed by atoms with van der Waals surface area (Å²) in [6.07, 6.45) is 12.7. The number of hydrogen-bond acceptors (Lipinski definition) is 7. The molecule has 0 aliphatic heterocycles. The van der Waals surface area contributed by atoms with Crippen LogP contribution in [0.2, 0.25) is 5.02 Å². The molecule has 0 radical (unpaired) electrons. The number of aromatic nitrogens is 9. The average molecular weight is 519 g/mol. The lowest BCUT2D eigenvalue weighted by atomic mass is 9.80. The van der Waals surface area contributed by atoms with Crippen molar-refractivity contribution in [1.29, 1.82) is 0 Å². The molecule has 5 heterocycles. The fraction of sp³-hybridized carbons (Fsp3) is 0.292. The second-order valence-corrected chi connectivity index (χ2v) is 10.1. The Balaban J connectivity index is 1.26. The lowest BCUT2D eigenvalue weighted by Crippen LogP contribution is -2.25. The van der Waals surface area contributed by atoms with E-state index in [-0.39, 0.29) is 10.9 Å². The van der Waals surface area contributed by atoms with Crippen LogP contribution in [0.15, 0.2) is 49.3 Å². The van der Waals surface area contributed by atoms with Crippen LogP contribution in [0.3, 0.4) is 0 Å². The van der Waals surface area contributed by atoms with Gasteiger partial charge in [0.1, 0.15) is 0 Å². The zero-order valence-corrected chi connectivity index (χ0v) is 20.3. The number of carbonyl (C=O) groups excluding carboxylic acids is 1. The lowest BCUT2D eigenvalue weighted by Gasteiger charge is -2.24. The first-order chi connectivity index (χ1) is 17.9. The number of nitrogens with one attached hydrogen (secondary N) is 1. The smallest absolute Gasteiger partial charge is 0.235 e. The summed E-state index contributed by atoms with van der Waals surface area (Å²) in [5, 5.41) is 19.9. The minimum absolute atomic E-state index is 0.254. The Hall–Kier alpha value is -4.19. The average Bonchev–Trinajstić information content (AvgIpc) is 3.26. The van der Waals surface area contributed by atoms with E-state index in [0.717, 1.165) is 24.1 Å².